The van der Waals surface area contributed by atoms with Crippen LogP contribution in [-0.4, -0.2) is 155 Å². The number of benzene rings is 8. The Balaban J connectivity index is 0.000000178. The predicted molar refractivity (Wildman–Crippen MR) is 542 cm³/mol. The van der Waals surface area contributed by atoms with E-state index in [1.807, 2.05) is 148 Å². The number of nitrogens with zero attached hydrogens (tertiary/aromatic N) is 15. The molecule has 0 N–H and O–H groups in total. The van der Waals surface area contributed by atoms with Gasteiger partial charge in [0.05, 0.1) is 54.4 Å². The van der Waals surface area contributed by atoms with E-state index in [2.05, 4.69) is 145 Å². The monoisotopic (exact) mass is 1810 g/mol. The standard InChI is InChI=1S/C39H46ClN5O3.C37H43N5O3S.C29H35N5OS/c1-7-9-10-13-22-44(8-2)31-19-20-33(26(3)24-31)41-37-36(32-17-11-12-18-34(32)48-23-21-27(4)47-6)43-45-38(37)42-35(28(5)39(45)46)29-15-14-16-30(40)25-29;1-7-10-16-30-33(26-14-13-15-28(24-26)45-9-3)39-36-35(34(40-42(36)37(30)43)29-17-11-12-18-32(29)46-6)38-31-20-19-27(23-25(31)4)41(8-2)21-22-44-5;1-7-10-17-36-25-14-12-11-13-23(25)26-27(28-30-21(6)20(5)29(35)34(28)32-26)31-24-16-15-22(18-19(24)4)33(8-2)9-3/h11-12,14-20,24-25,27H,7-10,13,21-23H2,1-6H3;11-15,17-20,23-24H,7-10,16,21-22H2,1-6H3;11-16,18H,7-10,17H2,1-6H3. The van der Waals surface area contributed by atoms with E-state index in [0.717, 1.165) is 160 Å². The molecule has 680 valence electrons. The van der Waals surface area contributed by atoms with Crippen LogP contribution in [0.1, 0.15) is 193 Å². The van der Waals surface area contributed by atoms with Gasteiger partial charge in [-0.2, -0.15) is 29.3 Å². The van der Waals surface area contributed by atoms with Gasteiger partial charge in [0.2, 0.25) is 0 Å². The number of fused-ring (bicyclic) bond motifs is 3. The van der Waals surface area contributed by atoms with Gasteiger partial charge in [-0.15, -0.1) is 23.5 Å². The van der Waals surface area contributed by atoms with Crippen molar-refractivity contribution in [2.24, 2.45) is 30.3 Å². The number of methoxy groups -OCH3 is 2. The highest BCUT2D eigenvalue weighted by Crippen LogP contribution is 2.37. The molecule has 8 aromatic carbocycles. The number of aliphatic imine (C=N–C) groups is 3. The maximum absolute atomic E-state index is 14.3. The van der Waals surface area contributed by atoms with Crippen LogP contribution >= 0.6 is 35.1 Å². The van der Waals surface area contributed by atoms with Gasteiger partial charge in [-0.3, -0.25) is 14.4 Å². The largest absolute Gasteiger partial charge is 0.494 e. The van der Waals surface area contributed by atoms with E-state index >= 15 is 0 Å². The quantitative estimate of drug-likeness (QED) is 0.0259. The number of unbranched alkanes of at least 4 members (excludes halogenated alkanes) is 5. The number of para-hydroxylation sites is 1. The lowest BCUT2D eigenvalue weighted by Gasteiger charge is -2.24. The highest BCUT2D eigenvalue weighted by Gasteiger charge is 2.35. The smallest absolute Gasteiger partial charge is 0.278 e. The Morgan fingerprint density at radius 1 is 0.462 bits per heavy atom. The molecule has 3 aromatic heterocycles. The molecule has 6 heterocycles. The summed E-state index contributed by atoms with van der Waals surface area (Å²) in [6.07, 6.45) is 12.4. The Hall–Kier alpha value is -11.7. The summed E-state index contributed by atoms with van der Waals surface area (Å²) in [4.78, 5) is 81.1. The van der Waals surface area contributed by atoms with E-state index in [0.29, 0.717) is 123 Å². The van der Waals surface area contributed by atoms with Crippen LogP contribution < -0.4 is 40.9 Å². The second-order valence-electron chi connectivity index (χ2n) is 32.3. The summed E-state index contributed by atoms with van der Waals surface area (Å²) < 4.78 is 27.0. The van der Waals surface area contributed by atoms with Crippen molar-refractivity contribution in [1.29, 1.82) is 0 Å². The Bertz CT molecular complexity index is 6240. The molecule has 130 heavy (non-hydrogen) atoms. The molecule has 1 unspecified atom stereocenters. The van der Waals surface area contributed by atoms with Crippen LogP contribution in [0.5, 0.6) is 11.5 Å². The number of rotatable bonds is 38. The average Bonchev–Trinajstić information content (AvgIpc) is 1.60. The van der Waals surface area contributed by atoms with Crippen molar-refractivity contribution in [3.63, 3.8) is 0 Å². The molecule has 3 aliphatic heterocycles. The maximum Gasteiger partial charge on any atom is 0.278 e. The zero-order valence-corrected chi connectivity index (χ0v) is 81.1. The van der Waals surface area contributed by atoms with Crippen LogP contribution in [0.25, 0.3) is 22.5 Å². The second kappa shape index (κ2) is 46.7. The molecule has 0 saturated carbocycles. The highest BCUT2D eigenvalue weighted by molar-refractivity contribution is 7.99. The molecule has 3 aliphatic rings. The van der Waals surface area contributed by atoms with Crippen LogP contribution in [0.3, 0.4) is 0 Å². The van der Waals surface area contributed by atoms with E-state index in [4.69, 9.17) is 75.8 Å². The highest BCUT2D eigenvalue weighted by atomic mass is 35.5. The summed E-state index contributed by atoms with van der Waals surface area (Å²) in [6.45, 7) is 38.0. The molecule has 0 fully saturated rings. The van der Waals surface area contributed by atoms with Gasteiger partial charge < -0.3 is 33.6 Å². The third-order valence-electron chi connectivity index (χ3n) is 23.5. The second-order valence-corrected chi connectivity index (χ2v) is 34.8. The fourth-order valence-electron chi connectivity index (χ4n) is 15.7. The molecule has 0 bridgehead atoms. The van der Waals surface area contributed by atoms with Crippen LogP contribution in [0.15, 0.2) is 230 Å². The first kappa shape index (κ1) is 97.4. The minimum absolute atomic E-state index is 0.0592. The van der Waals surface area contributed by atoms with E-state index in [1.165, 1.54) is 51.1 Å². The minimum atomic E-state index is -0.265. The first-order valence-electron chi connectivity index (χ1n) is 45.7. The number of aromatic nitrogens is 6. The molecular weight excluding hydrogens is 1680 g/mol. The Labute approximate surface area is 779 Å². The topological polar surface area (TPSA) is 225 Å². The third kappa shape index (κ3) is 22.8. The number of halogens is 1. The molecule has 0 amide bonds. The van der Waals surface area contributed by atoms with E-state index in [1.54, 1.807) is 45.9 Å². The molecule has 0 aliphatic carbocycles. The molecule has 1 atom stereocenters. The van der Waals surface area contributed by atoms with Crippen molar-refractivity contribution in [2.45, 2.75) is 184 Å². The van der Waals surface area contributed by atoms with Crippen molar-refractivity contribution in [3.8, 4) is 34.0 Å². The maximum atomic E-state index is 14.3. The lowest BCUT2D eigenvalue weighted by molar-refractivity contribution is 0.0955. The Morgan fingerprint density at radius 2 is 0.954 bits per heavy atom. The number of anilines is 3. The van der Waals surface area contributed by atoms with Gasteiger partial charge in [0.1, 0.15) is 45.8 Å². The van der Waals surface area contributed by atoms with Crippen molar-refractivity contribution in [1.82, 2.24) is 29.0 Å². The Morgan fingerprint density at radius 3 is 1.49 bits per heavy atom. The van der Waals surface area contributed by atoms with Gasteiger partial charge in [-0.05, 0) is 241 Å². The normalized spacial score (nSPS) is 13.6. The van der Waals surface area contributed by atoms with Gasteiger partial charge in [-0.1, -0.05) is 137 Å². The minimum Gasteiger partial charge on any atom is -0.494 e. The zero-order chi connectivity index (χ0) is 92.7. The summed E-state index contributed by atoms with van der Waals surface area (Å²) in [7, 11) is 3.41. The first-order valence-corrected chi connectivity index (χ1v) is 48.3. The summed E-state index contributed by atoms with van der Waals surface area (Å²) in [5, 5.41) is 15.2. The number of hydrogen-bond donors (Lipinski definition) is 0. The molecule has 0 spiro atoms. The van der Waals surface area contributed by atoms with Crippen molar-refractivity contribution in [2.75, 3.05) is 100 Å². The third-order valence-corrected chi connectivity index (χ3v) is 25.7. The van der Waals surface area contributed by atoms with Gasteiger partial charge in [0, 0.05) is 142 Å². The van der Waals surface area contributed by atoms with Gasteiger partial charge in [0.15, 0.2) is 17.5 Å². The number of likely N-dealkylation sites (N-methyl/N-ethyl adjacent to an activating group) is 1. The van der Waals surface area contributed by atoms with Crippen LogP contribution in [0, 0.1) is 41.5 Å². The first-order chi connectivity index (χ1) is 63.1. The van der Waals surface area contributed by atoms with Crippen LogP contribution in [0.2, 0.25) is 5.02 Å². The molecule has 22 nitrogen and oxygen atoms in total. The van der Waals surface area contributed by atoms with Crippen LogP contribution in [-0.2, 0) is 15.9 Å². The Kier molecular flexibility index (Phi) is 35.0. The summed E-state index contributed by atoms with van der Waals surface area (Å²) in [5.74, 6) is 3.72. The summed E-state index contributed by atoms with van der Waals surface area (Å²) >= 11 is 9.81. The average molecular weight is 1810 g/mol. The lowest BCUT2D eigenvalue weighted by Crippen LogP contribution is -2.26. The summed E-state index contributed by atoms with van der Waals surface area (Å²) in [6, 6.07) is 58.2. The van der Waals surface area contributed by atoms with Gasteiger partial charge in [0.25, 0.3) is 16.7 Å². The van der Waals surface area contributed by atoms with Crippen molar-refractivity contribution < 1.29 is 18.9 Å². The molecule has 25 heteroatoms. The predicted octanol–water partition coefficient (Wildman–Crippen LogP) is 22.6. The molecule has 0 radical (unpaired) electrons. The van der Waals surface area contributed by atoms with E-state index in [-0.39, 0.29) is 22.8 Å². The molecule has 0 saturated heterocycles. The lowest BCUT2D eigenvalue weighted by atomic mass is 10.0. The number of aryl methyl sites for hydroxylation is 4. The van der Waals surface area contributed by atoms with Gasteiger partial charge in [-0.25, -0.2) is 29.9 Å². The number of hydrogen-bond acceptors (Lipinski definition) is 21. The van der Waals surface area contributed by atoms with Gasteiger partial charge >= 0.3 is 0 Å². The number of thioether (sulfide) groups is 2. The van der Waals surface area contributed by atoms with Crippen LogP contribution in [0.4, 0.5) is 34.1 Å². The zero-order valence-electron chi connectivity index (χ0n) is 78.7. The fourth-order valence-corrected chi connectivity index (χ4v) is 17.7. The molecule has 14 rings (SSSR count). The van der Waals surface area contributed by atoms with Crippen molar-refractivity contribution >= 4 is 104 Å². The number of ether oxygens (including phenoxy) is 4. The molecular formula is C105H124ClN15O7S2. The SMILES string of the molecule is CCCCCCN(CC)c1ccc(N=C2C(c3ccccc3OCCC(C)OC)=Nn3c2nc(-c2cccc(Cl)c2)c(C)c3=O)c(C)c1.CCCCSc1ccccc1C1=Nn2c(nc(C)c(C)c2=O)C1=Nc1ccc(N(CC)CC)cc1C.CCCCc1c(-c2cccc(OCC)c2)nc2n(c1=O)N=C(c1ccccc1SC)C2=Nc1ccc(N(CC)CCOC)cc1C. The van der Waals surface area contributed by atoms with Crippen molar-refractivity contribution in [3.05, 3.63) is 285 Å². The van der Waals surface area contributed by atoms with E-state index in [9.17, 15) is 14.4 Å². The van der Waals surface area contributed by atoms with E-state index < -0.39 is 0 Å². The fraction of sp³-hybridized carbons (Fsp3) is 0.371. The molecule has 11 aromatic rings. The summed E-state index contributed by atoms with van der Waals surface area (Å²) in [5.41, 5.74) is 19.8.